The molecule has 1 saturated carbocycles. The second-order valence-electron chi connectivity index (χ2n) is 4.70. The molecule has 0 aromatic heterocycles. The third-order valence-corrected chi connectivity index (χ3v) is 3.11. The topological polar surface area (TPSA) is 24.5 Å². The van der Waals surface area contributed by atoms with Crippen molar-refractivity contribution in [1.29, 1.82) is 0 Å². The van der Waals surface area contributed by atoms with Gasteiger partial charge in [-0.05, 0) is 31.9 Å². The lowest BCUT2D eigenvalue weighted by molar-refractivity contribution is 0.321. The van der Waals surface area contributed by atoms with Crippen molar-refractivity contribution in [3.8, 4) is 5.75 Å². The Kier molecular flexibility index (Phi) is 4.42. The van der Waals surface area contributed by atoms with Crippen LogP contribution in [0, 0.1) is 5.82 Å². The van der Waals surface area contributed by atoms with Gasteiger partial charge in [-0.1, -0.05) is 0 Å². The lowest BCUT2D eigenvalue weighted by Gasteiger charge is -2.20. The van der Waals surface area contributed by atoms with E-state index in [0.29, 0.717) is 12.4 Å². The maximum absolute atomic E-state index is 13.7. The van der Waals surface area contributed by atoms with E-state index < -0.39 is 0 Å². The van der Waals surface area contributed by atoms with E-state index in [1.54, 1.807) is 6.07 Å². The molecule has 0 bridgehead atoms. The summed E-state index contributed by atoms with van der Waals surface area (Å²) < 4.78 is 18.9. The number of benzene rings is 1. The molecule has 0 heterocycles. The molecule has 1 aliphatic rings. The van der Waals surface area contributed by atoms with Crippen LogP contribution in [0.1, 0.15) is 19.8 Å². The van der Waals surface area contributed by atoms with Crippen molar-refractivity contribution in [2.45, 2.75) is 25.8 Å². The Hall–Kier alpha value is -1.29. The summed E-state index contributed by atoms with van der Waals surface area (Å²) in [5.41, 5.74) is 0.883. The van der Waals surface area contributed by atoms with Crippen molar-refractivity contribution in [1.82, 2.24) is 5.32 Å². The molecule has 1 N–H and O–H groups in total. The van der Waals surface area contributed by atoms with E-state index in [1.165, 1.54) is 18.9 Å². The Morgan fingerprint density at radius 1 is 1.44 bits per heavy atom. The average Bonchev–Trinajstić information content (AvgIpc) is 3.16. The number of anilines is 1. The highest BCUT2D eigenvalue weighted by atomic mass is 19.1. The van der Waals surface area contributed by atoms with Gasteiger partial charge in [-0.15, -0.1) is 0 Å². The summed E-state index contributed by atoms with van der Waals surface area (Å²) in [7, 11) is 1.98. The standard InChI is InChI=1S/C14H21FN2O/c1-3-18-14-7-6-12(10-13(14)15)17(2)9-8-16-11-4-5-11/h6-7,10-11,16H,3-5,8-9H2,1-2H3. The Morgan fingerprint density at radius 3 is 2.83 bits per heavy atom. The SMILES string of the molecule is CCOc1ccc(N(C)CCNC2CC2)cc1F. The molecule has 100 valence electrons. The van der Waals surface area contributed by atoms with Crippen LogP contribution in [0.2, 0.25) is 0 Å². The van der Waals surface area contributed by atoms with Crippen LogP contribution in [0.15, 0.2) is 18.2 Å². The van der Waals surface area contributed by atoms with Crippen LogP contribution in [-0.4, -0.2) is 32.8 Å². The zero-order valence-corrected chi connectivity index (χ0v) is 11.1. The molecule has 4 heteroatoms. The van der Waals surface area contributed by atoms with Crippen LogP contribution >= 0.6 is 0 Å². The van der Waals surface area contributed by atoms with Gasteiger partial charge in [-0.3, -0.25) is 0 Å². The van der Waals surface area contributed by atoms with Crippen molar-refractivity contribution >= 4 is 5.69 Å². The molecule has 1 fully saturated rings. The lowest BCUT2D eigenvalue weighted by atomic mass is 10.2. The fraction of sp³-hybridized carbons (Fsp3) is 0.571. The van der Waals surface area contributed by atoms with Crippen LogP contribution in [0.4, 0.5) is 10.1 Å². The van der Waals surface area contributed by atoms with Crippen molar-refractivity contribution in [3.05, 3.63) is 24.0 Å². The van der Waals surface area contributed by atoms with E-state index in [9.17, 15) is 4.39 Å². The minimum Gasteiger partial charge on any atom is -0.491 e. The van der Waals surface area contributed by atoms with Crippen molar-refractivity contribution in [3.63, 3.8) is 0 Å². The van der Waals surface area contributed by atoms with Crippen LogP contribution in [0.3, 0.4) is 0 Å². The first kappa shape index (κ1) is 13.1. The maximum Gasteiger partial charge on any atom is 0.167 e. The zero-order chi connectivity index (χ0) is 13.0. The van der Waals surface area contributed by atoms with E-state index in [0.717, 1.165) is 24.8 Å². The van der Waals surface area contributed by atoms with E-state index in [1.807, 2.05) is 24.9 Å². The van der Waals surface area contributed by atoms with Crippen LogP contribution in [0.5, 0.6) is 5.75 Å². The average molecular weight is 252 g/mol. The van der Waals surface area contributed by atoms with Crippen LogP contribution in [-0.2, 0) is 0 Å². The summed E-state index contributed by atoms with van der Waals surface area (Å²) in [6.45, 7) is 4.15. The Bertz CT molecular complexity index is 393. The normalized spacial score (nSPS) is 14.6. The fourth-order valence-electron chi connectivity index (χ4n) is 1.85. The summed E-state index contributed by atoms with van der Waals surface area (Å²) in [4.78, 5) is 2.05. The number of likely N-dealkylation sites (N-methyl/N-ethyl adjacent to an activating group) is 1. The molecular formula is C14H21FN2O. The van der Waals surface area contributed by atoms with Gasteiger partial charge in [-0.2, -0.15) is 0 Å². The molecule has 2 rings (SSSR count). The second kappa shape index (κ2) is 6.05. The van der Waals surface area contributed by atoms with E-state index >= 15 is 0 Å². The number of nitrogens with one attached hydrogen (secondary N) is 1. The summed E-state index contributed by atoms with van der Waals surface area (Å²) in [5, 5.41) is 3.44. The van der Waals surface area contributed by atoms with Crippen molar-refractivity contribution < 1.29 is 9.13 Å². The summed E-state index contributed by atoms with van der Waals surface area (Å²) in [6.07, 6.45) is 2.59. The van der Waals surface area contributed by atoms with Gasteiger partial charge in [-0.25, -0.2) is 4.39 Å². The van der Waals surface area contributed by atoms with E-state index in [2.05, 4.69) is 5.32 Å². The molecular weight excluding hydrogens is 231 g/mol. The van der Waals surface area contributed by atoms with E-state index in [-0.39, 0.29) is 5.82 Å². The van der Waals surface area contributed by atoms with Gasteiger partial charge in [0.25, 0.3) is 0 Å². The Morgan fingerprint density at radius 2 is 2.22 bits per heavy atom. The first-order valence-electron chi connectivity index (χ1n) is 6.57. The summed E-state index contributed by atoms with van der Waals surface area (Å²) >= 11 is 0. The van der Waals surface area contributed by atoms with Crippen molar-refractivity contribution in [2.75, 3.05) is 31.6 Å². The molecule has 0 radical (unpaired) electrons. The molecule has 0 atom stereocenters. The summed E-state index contributed by atoms with van der Waals surface area (Å²) in [6, 6.07) is 5.84. The second-order valence-corrected chi connectivity index (χ2v) is 4.70. The maximum atomic E-state index is 13.7. The molecule has 0 unspecified atom stereocenters. The lowest BCUT2D eigenvalue weighted by Crippen LogP contribution is -2.30. The van der Waals surface area contributed by atoms with Gasteiger partial charge in [0.15, 0.2) is 11.6 Å². The molecule has 18 heavy (non-hydrogen) atoms. The van der Waals surface area contributed by atoms with E-state index in [4.69, 9.17) is 4.74 Å². The van der Waals surface area contributed by atoms with Gasteiger partial charge in [0.2, 0.25) is 0 Å². The highest BCUT2D eigenvalue weighted by molar-refractivity contribution is 5.49. The Labute approximate surface area is 108 Å². The zero-order valence-electron chi connectivity index (χ0n) is 11.1. The van der Waals surface area contributed by atoms with Gasteiger partial charge < -0.3 is 15.0 Å². The third kappa shape index (κ3) is 3.60. The molecule has 1 aromatic carbocycles. The number of hydrogen-bond donors (Lipinski definition) is 1. The molecule has 0 saturated heterocycles. The van der Waals surface area contributed by atoms with Gasteiger partial charge in [0, 0.05) is 37.9 Å². The number of ether oxygens (including phenoxy) is 1. The van der Waals surface area contributed by atoms with Crippen LogP contribution < -0.4 is 15.0 Å². The number of rotatable bonds is 7. The quantitative estimate of drug-likeness (QED) is 0.806. The minimum atomic E-state index is -0.295. The third-order valence-electron chi connectivity index (χ3n) is 3.11. The fourth-order valence-corrected chi connectivity index (χ4v) is 1.85. The largest absolute Gasteiger partial charge is 0.491 e. The molecule has 0 amide bonds. The number of hydrogen-bond acceptors (Lipinski definition) is 3. The predicted molar refractivity (Wildman–Crippen MR) is 71.9 cm³/mol. The summed E-state index contributed by atoms with van der Waals surface area (Å²) in [5.74, 6) is 0.0297. The smallest absolute Gasteiger partial charge is 0.167 e. The first-order chi connectivity index (χ1) is 8.70. The number of halogens is 1. The Balaban J connectivity index is 1.87. The molecule has 0 aliphatic heterocycles. The van der Waals surface area contributed by atoms with Crippen LogP contribution in [0.25, 0.3) is 0 Å². The van der Waals surface area contributed by atoms with Crippen molar-refractivity contribution in [2.24, 2.45) is 0 Å². The molecule has 1 aromatic rings. The predicted octanol–water partition coefficient (Wildman–Crippen LogP) is 2.41. The van der Waals surface area contributed by atoms with Gasteiger partial charge in [0.05, 0.1) is 6.61 Å². The molecule has 0 spiro atoms. The minimum absolute atomic E-state index is 0.295. The molecule has 1 aliphatic carbocycles. The monoisotopic (exact) mass is 252 g/mol. The molecule has 3 nitrogen and oxygen atoms in total. The number of nitrogens with zero attached hydrogens (tertiary/aromatic N) is 1. The first-order valence-corrected chi connectivity index (χ1v) is 6.57. The van der Waals surface area contributed by atoms with Gasteiger partial charge >= 0.3 is 0 Å². The highest BCUT2D eigenvalue weighted by Gasteiger charge is 2.19. The highest BCUT2D eigenvalue weighted by Crippen LogP contribution is 2.23. The van der Waals surface area contributed by atoms with Gasteiger partial charge in [0.1, 0.15) is 0 Å².